The second-order valence-corrected chi connectivity index (χ2v) is 10.7. The number of nitrogens with zero attached hydrogens (tertiary/aromatic N) is 3. The molecule has 0 unspecified atom stereocenters. The molecule has 2 atom stereocenters. The maximum Gasteiger partial charge on any atom is 0.270 e. The minimum absolute atomic E-state index is 0.0302. The Balaban J connectivity index is 1.71. The zero-order valence-corrected chi connectivity index (χ0v) is 18.6. The average Bonchev–Trinajstić information content (AvgIpc) is 3.30. The van der Waals surface area contributed by atoms with E-state index in [1.807, 2.05) is 17.7 Å². The summed E-state index contributed by atoms with van der Waals surface area (Å²) in [6, 6.07) is 10.5. The summed E-state index contributed by atoms with van der Waals surface area (Å²) in [7, 11) is 0. The fourth-order valence-corrected chi connectivity index (χ4v) is 6.22. The van der Waals surface area contributed by atoms with Crippen LogP contribution in [0.25, 0.3) is 0 Å². The van der Waals surface area contributed by atoms with Crippen LogP contribution in [0.5, 0.6) is 0 Å². The maximum absolute atomic E-state index is 13.7. The molecule has 0 amide bonds. The molecule has 2 aromatic heterocycles. The topological polar surface area (TPSA) is 39.8 Å². The molecule has 2 aliphatic carbocycles. The molecule has 5 rings (SSSR count). The number of thiazole rings is 1. The zero-order chi connectivity index (χ0) is 20.4. The van der Waals surface area contributed by atoms with Gasteiger partial charge < -0.3 is 0 Å². The van der Waals surface area contributed by atoms with E-state index in [2.05, 4.69) is 60.1 Å². The molecule has 152 valence electrons. The monoisotopic (exact) mass is 407 g/mol. The number of fused-ring (bicyclic) bond motifs is 5. The second-order valence-electron chi connectivity index (χ2n) is 9.68. The van der Waals surface area contributed by atoms with Crippen LogP contribution in [0.2, 0.25) is 0 Å². The van der Waals surface area contributed by atoms with Gasteiger partial charge in [0, 0.05) is 16.4 Å². The lowest BCUT2D eigenvalue weighted by atomic mass is 9.59. The van der Waals surface area contributed by atoms with Crippen molar-refractivity contribution in [1.82, 2.24) is 14.3 Å². The Morgan fingerprint density at radius 2 is 1.90 bits per heavy atom. The summed E-state index contributed by atoms with van der Waals surface area (Å²) in [5, 5.41) is 3.13. The summed E-state index contributed by atoms with van der Waals surface area (Å²) >= 11 is 1.65. The quantitative estimate of drug-likeness (QED) is 0.605. The van der Waals surface area contributed by atoms with Gasteiger partial charge in [0.2, 0.25) is 0 Å². The Kier molecular flexibility index (Phi) is 4.18. The SMILES string of the molecule is Cc1nc(Cn2c(=O)c3c(n2Cc2ccccc2)[C@@]2(C)C[C@H]3CCC2(C)C)cs1. The molecule has 1 fully saturated rings. The van der Waals surface area contributed by atoms with Gasteiger partial charge in [-0.2, -0.15) is 0 Å². The van der Waals surface area contributed by atoms with Crippen molar-refractivity contribution in [3.05, 3.63) is 73.6 Å². The van der Waals surface area contributed by atoms with Gasteiger partial charge in [0.1, 0.15) is 0 Å². The van der Waals surface area contributed by atoms with E-state index >= 15 is 0 Å². The lowest BCUT2D eigenvalue weighted by molar-refractivity contribution is 0.105. The highest BCUT2D eigenvalue weighted by Gasteiger charge is 2.56. The van der Waals surface area contributed by atoms with E-state index in [1.165, 1.54) is 17.7 Å². The first-order chi connectivity index (χ1) is 13.8. The molecule has 2 bridgehead atoms. The third kappa shape index (κ3) is 2.77. The molecular formula is C24H29N3OS. The molecule has 2 aliphatic rings. The predicted octanol–water partition coefficient (Wildman–Crippen LogP) is 5.08. The average molecular weight is 408 g/mol. The summed E-state index contributed by atoms with van der Waals surface area (Å²) < 4.78 is 4.27. The smallest absolute Gasteiger partial charge is 0.270 e. The zero-order valence-electron chi connectivity index (χ0n) is 17.7. The van der Waals surface area contributed by atoms with Crippen molar-refractivity contribution in [2.75, 3.05) is 0 Å². The molecule has 2 heterocycles. The second kappa shape index (κ2) is 6.43. The normalized spacial score (nSPS) is 24.6. The number of rotatable bonds is 4. The molecule has 0 saturated heterocycles. The van der Waals surface area contributed by atoms with Gasteiger partial charge in [0.15, 0.2) is 0 Å². The molecule has 29 heavy (non-hydrogen) atoms. The van der Waals surface area contributed by atoms with Crippen LogP contribution in [-0.2, 0) is 18.5 Å². The molecule has 1 aromatic carbocycles. The molecular weight excluding hydrogens is 378 g/mol. The van der Waals surface area contributed by atoms with Gasteiger partial charge >= 0.3 is 0 Å². The van der Waals surface area contributed by atoms with E-state index in [0.717, 1.165) is 35.7 Å². The van der Waals surface area contributed by atoms with Crippen LogP contribution in [0.4, 0.5) is 0 Å². The van der Waals surface area contributed by atoms with Crippen molar-refractivity contribution in [2.45, 2.75) is 71.4 Å². The van der Waals surface area contributed by atoms with Crippen LogP contribution >= 0.6 is 11.3 Å². The Morgan fingerprint density at radius 3 is 2.59 bits per heavy atom. The summed E-state index contributed by atoms with van der Waals surface area (Å²) in [5.41, 5.74) is 5.00. The molecule has 1 saturated carbocycles. The van der Waals surface area contributed by atoms with Crippen LogP contribution in [0.15, 0.2) is 40.5 Å². The van der Waals surface area contributed by atoms with Crippen molar-refractivity contribution in [3.63, 3.8) is 0 Å². The minimum Gasteiger partial charge on any atom is -0.281 e. The third-order valence-electron chi connectivity index (χ3n) is 7.62. The van der Waals surface area contributed by atoms with Gasteiger partial charge in [-0.15, -0.1) is 11.3 Å². The van der Waals surface area contributed by atoms with E-state index in [1.54, 1.807) is 11.3 Å². The number of hydrogen-bond acceptors (Lipinski definition) is 3. The van der Waals surface area contributed by atoms with Crippen molar-refractivity contribution < 1.29 is 0 Å². The van der Waals surface area contributed by atoms with Gasteiger partial charge in [0.25, 0.3) is 5.56 Å². The van der Waals surface area contributed by atoms with Crippen LogP contribution in [0.1, 0.15) is 73.5 Å². The predicted molar refractivity (Wildman–Crippen MR) is 118 cm³/mol. The van der Waals surface area contributed by atoms with Crippen molar-refractivity contribution in [2.24, 2.45) is 5.41 Å². The first-order valence-electron chi connectivity index (χ1n) is 10.6. The first-order valence-corrected chi connectivity index (χ1v) is 11.5. The Morgan fingerprint density at radius 1 is 1.14 bits per heavy atom. The van der Waals surface area contributed by atoms with E-state index in [4.69, 9.17) is 0 Å². The molecule has 0 radical (unpaired) electrons. The third-order valence-corrected chi connectivity index (χ3v) is 8.44. The van der Waals surface area contributed by atoms with Gasteiger partial charge in [-0.1, -0.05) is 51.1 Å². The maximum atomic E-state index is 13.7. The fourth-order valence-electron chi connectivity index (χ4n) is 5.62. The number of benzene rings is 1. The molecule has 4 nitrogen and oxygen atoms in total. The Hall–Kier alpha value is -2.14. The van der Waals surface area contributed by atoms with Gasteiger partial charge in [-0.3, -0.25) is 9.48 Å². The van der Waals surface area contributed by atoms with Crippen LogP contribution < -0.4 is 5.56 Å². The minimum atomic E-state index is 0.0302. The summed E-state index contributed by atoms with van der Waals surface area (Å²) in [5.74, 6) is 0.399. The highest BCUT2D eigenvalue weighted by molar-refractivity contribution is 7.09. The number of aryl methyl sites for hydroxylation is 1. The summed E-state index contributed by atoms with van der Waals surface area (Å²) in [6.45, 7) is 10.5. The van der Waals surface area contributed by atoms with E-state index in [-0.39, 0.29) is 16.4 Å². The van der Waals surface area contributed by atoms with Gasteiger partial charge in [0.05, 0.1) is 29.5 Å². The highest BCUT2D eigenvalue weighted by atomic mass is 32.1. The van der Waals surface area contributed by atoms with Crippen molar-refractivity contribution in [3.8, 4) is 0 Å². The van der Waals surface area contributed by atoms with Crippen molar-refractivity contribution >= 4 is 11.3 Å². The summed E-state index contributed by atoms with van der Waals surface area (Å²) in [6.07, 6.45) is 3.40. The van der Waals surface area contributed by atoms with E-state index < -0.39 is 0 Å². The van der Waals surface area contributed by atoms with Crippen LogP contribution in [0.3, 0.4) is 0 Å². The fraction of sp³-hybridized carbons (Fsp3) is 0.500. The highest BCUT2D eigenvalue weighted by Crippen LogP contribution is 2.61. The molecule has 0 N–H and O–H groups in total. The molecule has 0 spiro atoms. The standard InChI is InChI=1S/C24H29N3OS/c1-16-25-19(15-29-16)14-27-22(28)20-18-10-11-23(2,3)24(4,12-18)21(20)26(27)13-17-8-6-5-7-9-17/h5-9,15,18H,10-14H2,1-4H3/t18-,24-/m1/s1. The molecule has 0 aliphatic heterocycles. The largest absolute Gasteiger partial charge is 0.281 e. The van der Waals surface area contributed by atoms with Crippen LogP contribution in [-0.4, -0.2) is 14.3 Å². The van der Waals surface area contributed by atoms with E-state index in [9.17, 15) is 4.79 Å². The Bertz CT molecular complexity index is 1120. The number of hydrogen-bond donors (Lipinski definition) is 0. The van der Waals surface area contributed by atoms with Crippen molar-refractivity contribution in [1.29, 1.82) is 0 Å². The van der Waals surface area contributed by atoms with Gasteiger partial charge in [-0.05, 0) is 43.1 Å². The molecule has 5 heteroatoms. The summed E-state index contributed by atoms with van der Waals surface area (Å²) in [4.78, 5) is 18.3. The van der Waals surface area contributed by atoms with Crippen LogP contribution in [0, 0.1) is 12.3 Å². The number of aromatic nitrogens is 3. The van der Waals surface area contributed by atoms with E-state index in [0.29, 0.717) is 12.5 Å². The Labute approximate surface area is 176 Å². The first kappa shape index (κ1) is 18.9. The lowest BCUT2D eigenvalue weighted by Crippen LogP contribution is -2.43. The lowest BCUT2D eigenvalue weighted by Gasteiger charge is -2.46. The van der Waals surface area contributed by atoms with Gasteiger partial charge in [-0.25, -0.2) is 9.67 Å². The molecule has 3 aromatic rings.